The molecule has 11 rings (SSSR count). The van der Waals surface area contributed by atoms with Gasteiger partial charge in [0, 0.05) is 45.0 Å². The minimum Gasteiger partial charge on any atom is -0.456 e. The van der Waals surface area contributed by atoms with Crippen LogP contribution in [-0.4, -0.2) is 0 Å². The first kappa shape index (κ1) is 30.6. The summed E-state index contributed by atoms with van der Waals surface area (Å²) in [5, 5.41) is 2.31. The van der Waals surface area contributed by atoms with Crippen LogP contribution < -0.4 is 9.80 Å². The Kier molecular flexibility index (Phi) is 6.76. The fourth-order valence-corrected chi connectivity index (χ4v) is 10.7. The average Bonchev–Trinajstić information content (AvgIpc) is 3.93. The number of furan rings is 1. The van der Waals surface area contributed by atoms with Crippen molar-refractivity contribution < 1.29 is 4.42 Å². The van der Waals surface area contributed by atoms with Gasteiger partial charge in [0.05, 0.1) is 11.4 Å². The van der Waals surface area contributed by atoms with Crippen LogP contribution in [-0.2, 0) is 18.3 Å². The maximum Gasteiger partial charge on any atom is 0.137 e. The van der Waals surface area contributed by atoms with Crippen LogP contribution in [0, 0.1) is 18.8 Å². The van der Waals surface area contributed by atoms with E-state index in [0.29, 0.717) is 11.8 Å². The quantitative estimate of drug-likeness (QED) is 0.174. The summed E-state index contributed by atoms with van der Waals surface area (Å²) in [6.45, 7) is 2.24. The number of para-hydroxylation sites is 4. The Morgan fingerprint density at radius 2 is 1.02 bits per heavy atom. The zero-order valence-corrected chi connectivity index (χ0v) is 29.9. The van der Waals surface area contributed by atoms with Crippen LogP contribution in [0.3, 0.4) is 0 Å². The summed E-state index contributed by atoms with van der Waals surface area (Å²) in [7, 11) is 0. The van der Waals surface area contributed by atoms with Gasteiger partial charge in [-0.25, -0.2) is 0 Å². The van der Waals surface area contributed by atoms with Crippen LogP contribution in [0.2, 0.25) is 0 Å². The monoisotopic (exact) mass is 684 g/mol. The summed E-state index contributed by atoms with van der Waals surface area (Å²) in [6.07, 6.45) is 4.71. The Morgan fingerprint density at radius 3 is 1.70 bits per heavy atom. The molecule has 0 amide bonds. The summed E-state index contributed by atoms with van der Waals surface area (Å²) in [5.41, 5.74) is 16.3. The van der Waals surface area contributed by atoms with Crippen molar-refractivity contribution in [2.24, 2.45) is 11.8 Å². The lowest BCUT2D eigenvalue weighted by Crippen LogP contribution is -2.34. The zero-order valence-electron chi connectivity index (χ0n) is 29.9. The van der Waals surface area contributed by atoms with Crippen molar-refractivity contribution in [3.8, 4) is 0 Å². The Hall–Kier alpha value is -6.06. The SMILES string of the molecule is Cc1ccccc1N(c1ccccc1)c1cccc2c1C13c4c(cccc4N(c4ccccc4)c4ccc5c(c4)oc4ccccc45)CC1CCC3C2. The molecule has 3 aliphatic carbocycles. The summed E-state index contributed by atoms with van der Waals surface area (Å²) in [6, 6.07) is 60.2. The van der Waals surface area contributed by atoms with Crippen LogP contribution >= 0.6 is 0 Å². The van der Waals surface area contributed by atoms with Crippen molar-refractivity contribution in [1.29, 1.82) is 0 Å². The van der Waals surface area contributed by atoms with Gasteiger partial charge < -0.3 is 14.2 Å². The number of rotatable bonds is 6. The third-order valence-electron chi connectivity index (χ3n) is 12.7. The van der Waals surface area contributed by atoms with Gasteiger partial charge in [-0.1, -0.05) is 97.1 Å². The second-order valence-electron chi connectivity index (χ2n) is 15.3. The molecule has 3 heteroatoms. The number of anilines is 6. The smallest absolute Gasteiger partial charge is 0.137 e. The van der Waals surface area contributed by atoms with E-state index in [2.05, 4.69) is 181 Å². The molecule has 3 atom stereocenters. The van der Waals surface area contributed by atoms with E-state index < -0.39 is 0 Å². The number of fused-ring (bicyclic) bond motifs is 5. The molecule has 3 nitrogen and oxygen atoms in total. The maximum atomic E-state index is 6.50. The maximum absolute atomic E-state index is 6.50. The van der Waals surface area contributed by atoms with E-state index in [1.54, 1.807) is 0 Å². The molecule has 1 heterocycles. The van der Waals surface area contributed by atoms with Gasteiger partial charge in [-0.05, 0) is 133 Å². The molecule has 3 unspecified atom stereocenters. The molecule has 0 radical (unpaired) electrons. The summed E-state index contributed by atoms with van der Waals surface area (Å²) >= 11 is 0. The molecular weight excluding hydrogens is 645 g/mol. The first-order valence-electron chi connectivity index (χ1n) is 19.1. The molecule has 256 valence electrons. The third-order valence-corrected chi connectivity index (χ3v) is 12.7. The molecule has 1 spiro atoms. The van der Waals surface area contributed by atoms with Crippen molar-refractivity contribution in [3.05, 3.63) is 192 Å². The van der Waals surface area contributed by atoms with E-state index in [9.17, 15) is 0 Å². The van der Waals surface area contributed by atoms with Gasteiger partial charge in [-0.15, -0.1) is 0 Å². The number of benzene rings is 7. The van der Waals surface area contributed by atoms with Crippen LogP contribution in [0.25, 0.3) is 21.9 Å². The molecular formula is C50H40N2O. The number of aryl methyl sites for hydroxylation is 1. The van der Waals surface area contributed by atoms with E-state index >= 15 is 0 Å². The Bertz CT molecular complexity index is 2670. The molecule has 7 aromatic carbocycles. The molecule has 8 aromatic rings. The summed E-state index contributed by atoms with van der Waals surface area (Å²) in [4.78, 5) is 5.06. The zero-order chi connectivity index (χ0) is 35.1. The van der Waals surface area contributed by atoms with Crippen LogP contribution in [0.4, 0.5) is 34.1 Å². The lowest BCUT2D eigenvalue weighted by molar-refractivity contribution is 0.350. The van der Waals surface area contributed by atoms with Gasteiger partial charge in [0.1, 0.15) is 11.2 Å². The fourth-order valence-electron chi connectivity index (χ4n) is 10.7. The number of nitrogens with zero attached hydrogens (tertiary/aromatic N) is 2. The van der Waals surface area contributed by atoms with Gasteiger partial charge in [-0.2, -0.15) is 0 Å². The molecule has 3 aliphatic rings. The number of hydrogen-bond donors (Lipinski definition) is 0. The highest BCUT2D eigenvalue weighted by molar-refractivity contribution is 6.06. The van der Waals surface area contributed by atoms with Gasteiger partial charge in [0.25, 0.3) is 0 Å². The van der Waals surface area contributed by atoms with Crippen molar-refractivity contribution in [3.63, 3.8) is 0 Å². The number of hydrogen-bond acceptors (Lipinski definition) is 3. The van der Waals surface area contributed by atoms with E-state index in [0.717, 1.165) is 46.2 Å². The van der Waals surface area contributed by atoms with Crippen LogP contribution in [0.1, 0.15) is 40.7 Å². The molecule has 0 N–H and O–H groups in total. The van der Waals surface area contributed by atoms with Crippen LogP contribution in [0.5, 0.6) is 0 Å². The van der Waals surface area contributed by atoms with Gasteiger partial charge in [0.15, 0.2) is 0 Å². The highest BCUT2D eigenvalue weighted by Crippen LogP contribution is 2.68. The lowest BCUT2D eigenvalue weighted by Gasteiger charge is -2.40. The first-order chi connectivity index (χ1) is 26.2. The Morgan fingerprint density at radius 1 is 0.472 bits per heavy atom. The molecule has 1 fully saturated rings. The second kappa shape index (κ2) is 11.7. The standard InChI is InChI=1S/C50H40N2O/c1-33-14-8-10-22-43(33)52(39-19-6-3-7-20-39)45-24-13-16-35-31-37-27-26-36-30-34-15-12-23-44(48(34)50(36,37)49(35)45)51(38-17-4-2-5-18-38)40-28-29-42-41-21-9-11-25-46(41)53-47(42)32-40/h2-25,28-29,32,36-37H,26-27,30-31H2,1H3. The Labute approximate surface area is 310 Å². The van der Waals surface area contributed by atoms with E-state index in [4.69, 9.17) is 4.42 Å². The molecule has 0 bridgehead atoms. The Balaban J connectivity index is 1.17. The fraction of sp³-hybridized carbons (Fsp3) is 0.160. The predicted octanol–water partition coefficient (Wildman–Crippen LogP) is 13.3. The van der Waals surface area contributed by atoms with Crippen molar-refractivity contribution in [2.75, 3.05) is 9.80 Å². The molecule has 1 aromatic heterocycles. The molecule has 0 aliphatic heterocycles. The highest BCUT2D eigenvalue weighted by atomic mass is 16.3. The van der Waals surface area contributed by atoms with Crippen LogP contribution in [0.15, 0.2) is 168 Å². The van der Waals surface area contributed by atoms with E-state index in [1.165, 1.54) is 63.4 Å². The predicted molar refractivity (Wildman–Crippen MR) is 219 cm³/mol. The lowest BCUT2D eigenvalue weighted by atomic mass is 9.68. The molecule has 1 saturated carbocycles. The molecule has 0 saturated heterocycles. The second-order valence-corrected chi connectivity index (χ2v) is 15.3. The van der Waals surface area contributed by atoms with Gasteiger partial charge in [-0.3, -0.25) is 0 Å². The van der Waals surface area contributed by atoms with E-state index in [-0.39, 0.29) is 5.41 Å². The molecule has 53 heavy (non-hydrogen) atoms. The average molecular weight is 685 g/mol. The summed E-state index contributed by atoms with van der Waals surface area (Å²) < 4.78 is 6.50. The minimum atomic E-state index is -0.107. The van der Waals surface area contributed by atoms with Gasteiger partial charge in [0.2, 0.25) is 0 Å². The largest absolute Gasteiger partial charge is 0.456 e. The third kappa shape index (κ3) is 4.40. The highest BCUT2D eigenvalue weighted by Gasteiger charge is 2.62. The van der Waals surface area contributed by atoms with Gasteiger partial charge >= 0.3 is 0 Å². The van der Waals surface area contributed by atoms with Crippen molar-refractivity contribution >= 4 is 56.1 Å². The summed E-state index contributed by atoms with van der Waals surface area (Å²) in [5.74, 6) is 1.08. The normalized spacial score (nSPS) is 19.6. The first-order valence-corrected chi connectivity index (χ1v) is 19.1. The van der Waals surface area contributed by atoms with E-state index in [1.807, 2.05) is 0 Å². The minimum absolute atomic E-state index is 0.107. The topological polar surface area (TPSA) is 19.6 Å². The van der Waals surface area contributed by atoms with Crippen molar-refractivity contribution in [1.82, 2.24) is 0 Å². The van der Waals surface area contributed by atoms with Crippen molar-refractivity contribution in [2.45, 2.75) is 38.0 Å².